The third-order valence-electron chi connectivity index (χ3n) is 6.10. The fraction of sp³-hybridized carbons (Fsp3) is 0.500. The van der Waals surface area contributed by atoms with Crippen LogP contribution in [-0.2, 0) is 11.3 Å². The number of halogens is 3. The highest BCUT2D eigenvalue weighted by Crippen LogP contribution is 2.35. The fourth-order valence-electron chi connectivity index (χ4n) is 4.16. The molecular formula is C22H27F2IN6O2. The molecule has 2 atom stereocenters. The maximum atomic E-state index is 15.4. The van der Waals surface area contributed by atoms with E-state index in [0.717, 1.165) is 16.4 Å². The number of aliphatic hydroxyl groups excluding tert-OH is 1. The summed E-state index contributed by atoms with van der Waals surface area (Å²) in [6, 6.07) is 5.12. The highest BCUT2D eigenvalue weighted by Gasteiger charge is 2.33. The van der Waals surface area contributed by atoms with E-state index in [2.05, 4.69) is 37.9 Å². The molecule has 178 valence electrons. The van der Waals surface area contributed by atoms with Crippen molar-refractivity contribution in [3.63, 3.8) is 0 Å². The van der Waals surface area contributed by atoms with Crippen LogP contribution in [0.3, 0.4) is 0 Å². The van der Waals surface area contributed by atoms with Crippen molar-refractivity contribution in [1.29, 1.82) is 0 Å². The molecule has 8 nitrogen and oxygen atoms in total. The van der Waals surface area contributed by atoms with Crippen molar-refractivity contribution in [3.05, 3.63) is 45.3 Å². The lowest BCUT2D eigenvalue weighted by molar-refractivity contribution is -0.120. The molecule has 1 saturated heterocycles. The second-order valence-corrected chi connectivity index (χ2v) is 9.90. The Morgan fingerprint density at radius 1 is 1.30 bits per heavy atom. The van der Waals surface area contributed by atoms with Gasteiger partial charge in [-0.2, -0.15) is 4.39 Å². The van der Waals surface area contributed by atoms with Crippen LogP contribution in [0, 0.1) is 21.1 Å². The van der Waals surface area contributed by atoms with Crippen molar-refractivity contribution in [3.8, 4) is 0 Å². The van der Waals surface area contributed by atoms with Gasteiger partial charge in [-0.3, -0.25) is 9.69 Å². The summed E-state index contributed by atoms with van der Waals surface area (Å²) in [5.41, 5.74) is 5.71. The van der Waals surface area contributed by atoms with Gasteiger partial charge in [0.15, 0.2) is 11.6 Å². The lowest BCUT2D eigenvalue weighted by atomic mass is 9.93. The van der Waals surface area contributed by atoms with Crippen molar-refractivity contribution < 1.29 is 18.7 Å². The predicted octanol–water partition coefficient (Wildman–Crippen LogP) is 2.11. The smallest absolute Gasteiger partial charge is 0.231 e. The average molecular weight is 572 g/mol. The molecule has 2 aromatic rings. The Kier molecular flexibility index (Phi) is 7.59. The number of nitrogens with one attached hydrogen (secondary N) is 1. The molecule has 1 aromatic carbocycles. The number of hydrogen-bond donors (Lipinski definition) is 3. The molecule has 0 bridgehead atoms. The summed E-state index contributed by atoms with van der Waals surface area (Å²) >= 11 is 2.05. The molecule has 0 spiro atoms. The molecule has 2 heterocycles. The number of piperidine rings is 1. The summed E-state index contributed by atoms with van der Waals surface area (Å²) < 4.78 is 30.6. The minimum absolute atomic E-state index is 0.0560. The molecule has 4 rings (SSSR count). The molecule has 0 radical (unpaired) electrons. The van der Waals surface area contributed by atoms with Crippen molar-refractivity contribution in [2.75, 3.05) is 36.4 Å². The summed E-state index contributed by atoms with van der Waals surface area (Å²) in [5.74, 6) is -1.26. The van der Waals surface area contributed by atoms with Gasteiger partial charge in [0.2, 0.25) is 11.7 Å². The van der Waals surface area contributed by atoms with Gasteiger partial charge in [-0.25, -0.2) is 14.4 Å². The number of primary amides is 1. The second kappa shape index (κ2) is 10.4. The van der Waals surface area contributed by atoms with E-state index < -0.39 is 17.8 Å². The second-order valence-electron chi connectivity index (χ2n) is 8.65. The van der Waals surface area contributed by atoms with Gasteiger partial charge in [0.05, 0.1) is 12.6 Å². The number of carbonyl (C=O) groups is 1. The van der Waals surface area contributed by atoms with Gasteiger partial charge in [-0.1, -0.05) is 6.07 Å². The molecule has 1 aliphatic carbocycles. The van der Waals surface area contributed by atoms with Crippen molar-refractivity contribution in [1.82, 2.24) is 14.9 Å². The van der Waals surface area contributed by atoms with Gasteiger partial charge >= 0.3 is 0 Å². The largest absolute Gasteiger partial charge is 0.391 e. The monoisotopic (exact) mass is 572 g/mol. The first kappa shape index (κ1) is 24.0. The Morgan fingerprint density at radius 2 is 2.09 bits per heavy atom. The Hall–Kier alpha value is -2.12. The third-order valence-corrected chi connectivity index (χ3v) is 6.77. The molecular weight excluding hydrogens is 545 g/mol. The standard InChI is InChI=1S/C22H27F2IN6O2/c23-17-7-15(25)2-1-14(17)9-31(16-3-4-16)22-20(24)21(28-12-29-22)27-8-13-5-6-30(10-18(13)32)11-19(26)33/h1-2,7,12-13,16,18,32H,3-6,8-11H2,(H2,26,33)(H,27,28,29)/t13-,18+/m1/s1. The fourth-order valence-corrected chi connectivity index (χ4v) is 4.61. The zero-order valence-electron chi connectivity index (χ0n) is 18.1. The molecule has 2 aliphatic rings. The molecule has 0 unspecified atom stereocenters. The van der Waals surface area contributed by atoms with Crippen molar-refractivity contribution >= 4 is 40.1 Å². The molecule has 4 N–H and O–H groups in total. The van der Waals surface area contributed by atoms with Crippen molar-refractivity contribution in [2.45, 2.75) is 38.0 Å². The predicted molar refractivity (Wildman–Crippen MR) is 129 cm³/mol. The number of aromatic nitrogens is 2. The lowest BCUT2D eigenvalue weighted by Gasteiger charge is -2.35. The maximum absolute atomic E-state index is 15.4. The molecule has 33 heavy (non-hydrogen) atoms. The number of nitrogens with zero attached hydrogens (tertiary/aromatic N) is 4. The molecule has 11 heteroatoms. The van der Waals surface area contributed by atoms with Crippen LogP contribution in [0.1, 0.15) is 24.8 Å². The van der Waals surface area contributed by atoms with Crippen LogP contribution in [0.15, 0.2) is 24.5 Å². The zero-order chi connectivity index (χ0) is 23.5. The van der Waals surface area contributed by atoms with Gasteiger partial charge in [0, 0.05) is 40.7 Å². The Morgan fingerprint density at radius 3 is 2.76 bits per heavy atom. The number of amides is 1. The number of nitrogens with two attached hydrogens (primary N) is 1. The van der Waals surface area contributed by atoms with E-state index in [0.29, 0.717) is 31.6 Å². The first-order valence-electron chi connectivity index (χ1n) is 11.0. The molecule has 2 fully saturated rings. The van der Waals surface area contributed by atoms with E-state index in [4.69, 9.17) is 5.73 Å². The Balaban J connectivity index is 1.44. The van der Waals surface area contributed by atoms with Crippen LogP contribution in [0.4, 0.5) is 20.4 Å². The summed E-state index contributed by atoms with van der Waals surface area (Å²) in [6.45, 7) is 1.62. The van der Waals surface area contributed by atoms with Gasteiger partial charge < -0.3 is 21.1 Å². The topological polar surface area (TPSA) is 108 Å². The van der Waals surface area contributed by atoms with E-state index in [1.54, 1.807) is 11.0 Å². The molecule has 1 aromatic heterocycles. The first-order chi connectivity index (χ1) is 15.8. The van der Waals surface area contributed by atoms with Crippen LogP contribution in [0.2, 0.25) is 0 Å². The molecule has 1 aliphatic heterocycles. The van der Waals surface area contributed by atoms with Crippen LogP contribution < -0.4 is 16.0 Å². The van der Waals surface area contributed by atoms with Gasteiger partial charge in [-0.15, -0.1) is 0 Å². The number of likely N-dealkylation sites (tertiary alicyclic amines) is 1. The van der Waals surface area contributed by atoms with Crippen LogP contribution in [0.25, 0.3) is 0 Å². The zero-order valence-corrected chi connectivity index (χ0v) is 20.2. The number of benzene rings is 1. The van der Waals surface area contributed by atoms with Gasteiger partial charge in [0.1, 0.15) is 12.1 Å². The Labute approximate surface area is 204 Å². The van der Waals surface area contributed by atoms with Gasteiger partial charge in [-0.05, 0) is 60.5 Å². The summed E-state index contributed by atoms with van der Waals surface area (Å²) in [7, 11) is 0. The number of aliphatic hydroxyl groups is 1. The Bertz CT molecular complexity index is 1010. The number of rotatable bonds is 9. The minimum Gasteiger partial charge on any atom is -0.391 e. The number of anilines is 2. The third kappa shape index (κ3) is 6.07. The van der Waals surface area contributed by atoms with Crippen LogP contribution >= 0.6 is 22.6 Å². The van der Waals surface area contributed by atoms with Crippen LogP contribution in [-0.4, -0.2) is 64.2 Å². The lowest BCUT2D eigenvalue weighted by Crippen LogP contribution is -2.48. The van der Waals surface area contributed by atoms with E-state index in [-0.39, 0.29) is 42.5 Å². The van der Waals surface area contributed by atoms with Gasteiger partial charge in [0.25, 0.3) is 0 Å². The first-order valence-corrected chi connectivity index (χ1v) is 12.0. The minimum atomic E-state index is -0.665. The number of hydrogen-bond acceptors (Lipinski definition) is 7. The van der Waals surface area contributed by atoms with E-state index in [1.807, 2.05) is 11.0 Å². The number of carbonyl (C=O) groups excluding carboxylic acids is 1. The normalized spacial score (nSPS) is 21.1. The number of β-amino-alcohol motifs (C(OH)–C–C–N with tert-alkyl or cyclic N) is 1. The summed E-state index contributed by atoms with van der Waals surface area (Å²) in [6.07, 6.45) is 3.07. The van der Waals surface area contributed by atoms with E-state index >= 15 is 4.39 Å². The molecule has 1 amide bonds. The van der Waals surface area contributed by atoms with Crippen molar-refractivity contribution in [2.24, 2.45) is 11.7 Å². The maximum Gasteiger partial charge on any atom is 0.231 e. The summed E-state index contributed by atoms with van der Waals surface area (Å²) in [5, 5.41) is 13.4. The molecule has 1 saturated carbocycles. The average Bonchev–Trinajstić information content (AvgIpc) is 3.59. The van der Waals surface area contributed by atoms with E-state index in [9.17, 15) is 14.3 Å². The van der Waals surface area contributed by atoms with E-state index in [1.165, 1.54) is 12.4 Å². The van der Waals surface area contributed by atoms with Crippen LogP contribution in [0.5, 0.6) is 0 Å². The highest BCUT2D eigenvalue weighted by molar-refractivity contribution is 14.1. The summed E-state index contributed by atoms with van der Waals surface area (Å²) in [4.78, 5) is 22.9. The SMILES string of the molecule is NC(=O)CN1CC[C@H](CNc2ncnc(N(Cc3ccc(I)cc3F)C3CC3)c2F)[C@@H](O)C1. The highest BCUT2D eigenvalue weighted by atomic mass is 127. The quantitative estimate of drug-likeness (QED) is 0.396.